The molecule has 1 atom stereocenters. The normalized spacial score (nSPS) is 11.5. The maximum atomic E-state index is 12.5. The summed E-state index contributed by atoms with van der Waals surface area (Å²) in [4.78, 5) is 25.0. The molecule has 1 N–H and O–H groups in total. The van der Waals surface area contributed by atoms with Crippen LogP contribution >= 0.6 is 0 Å². The van der Waals surface area contributed by atoms with Crippen molar-refractivity contribution in [3.63, 3.8) is 0 Å². The maximum Gasteiger partial charge on any atom is 0.342 e. The number of anilines is 1. The Hall–Kier alpha value is -3.54. The first-order valence-electron chi connectivity index (χ1n) is 8.75. The Morgan fingerprint density at radius 2 is 1.68 bits per heavy atom. The number of hydrogen-bond donors (Lipinski definition) is 1. The fourth-order valence-corrected chi connectivity index (χ4v) is 2.81. The van der Waals surface area contributed by atoms with Crippen LogP contribution in [0.5, 0.6) is 11.5 Å². The third-order valence-corrected chi connectivity index (χ3v) is 4.33. The van der Waals surface area contributed by atoms with Crippen molar-refractivity contribution in [1.82, 2.24) is 0 Å². The second-order valence-corrected chi connectivity index (χ2v) is 6.13. The van der Waals surface area contributed by atoms with Gasteiger partial charge < -0.3 is 19.5 Å². The summed E-state index contributed by atoms with van der Waals surface area (Å²) in [5, 5.41) is 4.74. The quantitative estimate of drug-likeness (QED) is 0.654. The summed E-state index contributed by atoms with van der Waals surface area (Å²) in [5.74, 6) is -0.210. The number of benzene rings is 3. The molecule has 0 fully saturated rings. The number of carbonyl (C=O) groups excluding carboxylic acids is 2. The largest absolute Gasteiger partial charge is 0.497 e. The number of hydrogen-bond acceptors (Lipinski definition) is 5. The monoisotopic (exact) mass is 379 g/mol. The van der Waals surface area contributed by atoms with Crippen molar-refractivity contribution in [1.29, 1.82) is 0 Å². The van der Waals surface area contributed by atoms with Crippen LogP contribution in [0.4, 0.5) is 5.69 Å². The van der Waals surface area contributed by atoms with E-state index in [4.69, 9.17) is 14.2 Å². The average molecular weight is 379 g/mol. The zero-order valence-corrected chi connectivity index (χ0v) is 15.9. The number of ether oxygens (including phenoxy) is 3. The highest BCUT2D eigenvalue weighted by molar-refractivity contribution is 6.04. The molecule has 144 valence electrons. The second kappa shape index (κ2) is 8.43. The van der Waals surface area contributed by atoms with E-state index in [1.807, 2.05) is 36.4 Å². The predicted octanol–water partition coefficient (Wildman–Crippen LogP) is 4.04. The molecule has 3 rings (SSSR count). The van der Waals surface area contributed by atoms with E-state index < -0.39 is 18.0 Å². The maximum absolute atomic E-state index is 12.5. The summed E-state index contributed by atoms with van der Waals surface area (Å²) in [7, 11) is 2.97. The van der Waals surface area contributed by atoms with Crippen molar-refractivity contribution in [2.24, 2.45) is 0 Å². The summed E-state index contributed by atoms with van der Waals surface area (Å²) in [6.45, 7) is 1.52. The van der Waals surface area contributed by atoms with Crippen LogP contribution in [0, 0.1) is 0 Å². The average Bonchev–Trinajstić information content (AvgIpc) is 2.73. The van der Waals surface area contributed by atoms with Gasteiger partial charge in [0.15, 0.2) is 6.10 Å². The third-order valence-electron chi connectivity index (χ3n) is 4.33. The highest BCUT2D eigenvalue weighted by Gasteiger charge is 2.22. The lowest BCUT2D eigenvalue weighted by molar-refractivity contribution is -0.123. The van der Waals surface area contributed by atoms with E-state index in [-0.39, 0.29) is 5.56 Å². The van der Waals surface area contributed by atoms with Crippen molar-refractivity contribution < 1.29 is 23.8 Å². The summed E-state index contributed by atoms with van der Waals surface area (Å²) >= 11 is 0. The number of nitrogens with one attached hydrogen (secondary N) is 1. The number of amides is 1. The van der Waals surface area contributed by atoms with Crippen molar-refractivity contribution in [2.45, 2.75) is 13.0 Å². The smallest absolute Gasteiger partial charge is 0.342 e. The highest BCUT2D eigenvalue weighted by atomic mass is 16.5. The molecule has 28 heavy (non-hydrogen) atoms. The Morgan fingerprint density at radius 1 is 0.929 bits per heavy atom. The SMILES string of the molecule is COc1ccc(C(=O)O[C@@H](C)C(=O)Nc2cccc3ccccc23)c(OC)c1. The van der Waals surface area contributed by atoms with Crippen molar-refractivity contribution in [3.05, 3.63) is 66.2 Å². The van der Waals surface area contributed by atoms with Gasteiger partial charge in [-0.05, 0) is 30.5 Å². The first kappa shape index (κ1) is 19.2. The Labute approximate surface area is 163 Å². The molecule has 1 amide bonds. The van der Waals surface area contributed by atoms with Crippen LogP contribution in [-0.2, 0) is 9.53 Å². The van der Waals surface area contributed by atoms with Gasteiger partial charge in [0.25, 0.3) is 5.91 Å². The van der Waals surface area contributed by atoms with Gasteiger partial charge in [-0.15, -0.1) is 0 Å². The molecular weight excluding hydrogens is 358 g/mol. The molecule has 6 nitrogen and oxygen atoms in total. The Balaban J connectivity index is 1.73. The highest BCUT2D eigenvalue weighted by Crippen LogP contribution is 2.26. The molecule has 3 aromatic carbocycles. The number of rotatable bonds is 6. The minimum Gasteiger partial charge on any atom is -0.497 e. The third kappa shape index (κ3) is 4.06. The molecule has 0 saturated heterocycles. The van der Waals surface area contributed by atoms with Gasteiger partial charge in [-0.25, -0.2) is 4.79 Å². The van der Waals surface area contributed by atoms with Crippen LogP contribution in [0.2, 0.25) is 0 Å². The lowest BCUT2D eigenvalue weighted by Crippen LogP contribution is -2.30. The molecule has 0 bridgehead atoms. The first-order valence-corrected chi connectivity index (χ1v) is 8.75. The molecule has 0 saturated carbocycles. The summed E-state index contributed by atoms with van der Waals surface area (Å²) in [6, 6.07) is 18.1. The molecular formula is C22H21NO5. The minimum absolute atomic E-state index is 0.216. The van der Waals surface area contributed by atoms with Crippen LogP contribution in [-0.4, -0.2) is 32.2 Å². The summed E-state index contributed by atoms with van der Waals surface area (Å²) < 4.78 is 15.7. The van der Waals surface area contributed by atoms with E-state index in [9.17, 15) is 9.59 Å². The lowest BCUT2D eigenvalue weighted by atomic mass is 10.1. The van der Waals surface area contributed by atoms with Gasteiger partial charge in [0, 0.05) is 17.1 Å². The van der Waals surface area contributed by atoms with E-state index in [1.165, 1.54) is 27.2 Å². The predicted molar refractivity (Wildman–Crippen MR) is 107 cm³/mol. The molecule has 0 spiro atoms. The fraction of sp³-hybridized carbons (Fsp3) is 0.182. The van der Waals surface area contributed by atoms with Gasteiger partial charge in [-0.2, -0.15) is 0 Å². The van der Waals surface area contributed by atoms with Gasteiger partial charge in [0.1, 0.15) is 17.1 Å². The van der Waals surface area contributed by atoms with Gasteiger partial charge >= 0.3 is 5.97 Å². The van der Waals surface area contributed by atoms with Crippen LogP contribution in [0.1, 0.15) is 17.3 Å². The molecule has 6 heteroatoms. The molecule has 0 aliphatic carbocycles. The topological polar surface area (TPSA) is 73.9 Å². The van der Waals surface area contributed by atoms with E-state index >= 15 is 0 Å². The minimum atomic E-state index is -0.988. The zero-order valence-electron chi connectivity index (χ0n) is 15.9. The lowest BCUT2D eigenvalue weighted by Gasteiger charge is -2.16. The number of methoxy groups -OCH3 is 2. The molecule has 0 aromatic heterocycles. The molecule has 0 heterocycles. The van der Waals surface area contributed by atoms with Gasteiger partial charge in [0.05, 0.1) is 14.2 Å². The van der Waals surface area contributed by atoms with Gasteiger partial charge in [-0.1, -0.05) is 36.4 Å². The Bertz CT molecular complexity index is 1010. The number of esters is 1. The Kier molecular flexibility index (Phi) is 5.79. The molecule has 0 aliphatic rings. The van der Waals surface area contributed by atoms with Crippen LogP contribution < -0.4 is 14.8 Å². The van der Waals surface area contributed by atoms with E-state index in [1.54, 1.807) is 18.2 Å². The van der Waals surface area contributed by atoms with E-state index in [0.29, 0.717) is 17.2 Å². The van der Waals surface area contributed by atoms with Crippen molar-refractivity contribution in [2.75, 3.05) is 19.5 Å². The fourth-order valence-electron chi connectivity index (χ4n) is 2.81. The summed E-state index contributed by atoms with van der Waals surface area (Å²) in [5.41, 5.74) is 0.876. The van der Waals surface area contributed by atoms with E-state index in [2.05, 4.69) is 5.32 Å². The van der Waals surface area contributed by atoms with Crippen LogP contribution in [0.3, 0.4) is 0 Å². The second-order valence-electron chi connectivity index (χ2n) is 6.13. The standard InChI is InChI=1S/C22H21NO5/c1-14(28-22(25)18-12-11-16(26-2)13-20(18)27-3)21(24)23-19-10-6-8-15-7-4-5-9-17(15)19/h4-14H,1-3H3,(H,23,24)/t14-/m0/s1. The molecule has 3 aromatic rings. The van der Waals surface area contributed by atoms with Crippen molar-refractivity contribution >= 4 is 28.3 Å². The van der Waals surface area contributed by atoms with Crippen LogP contribution in [0.25, 0.3) is 10.8 Å². The molecule has 0 aliphatic heterocycles. The number of fused-ring (bicyclic) bond motifs is 1. The zero-order chi connectivity index (χ0) is 20.1. The van der Waals surface area contributed by atoms with E-state index in [0.717, 1.165) is 10.8 Å². The van der Waals surface area contributed by atoms with Crippen LogP contribution in [0.15, 0.2) is 60.7 Å². The molecule has 0 unspecified atom stereocenters. The van der Waals surface area contributed by atoms with Gasteiger partial charge in [-0.3, -0.25) is 4.79 Å². The Morgan fingerprint density at radius 3 is 2.43 bits per heavy atom. The number of carbonyl (C=O) groups is 2. The van der Waals surface area contributed by atoms with Crippen molar-refractivity contribution in [3.8, 4) is 11.5 Å². The first-order chi connectivity index (χ1) is 13.5. The molecule has 0 radical (unpaired) electrons. The van der Waals surface area contributed by atoms with Gasteiger partial charge in [0.2, 0.25) is 0 Å². The summed E-state index contributed by atoms with van der Waals surface area (Å²) in [6.07, 6.45) is -0.988.